The first-order valence-corrected chi connectivity index (χ1v) is 6.61. The van der Waals surface area contributed by atoms with Gasteiger partial charge in [-0.1, -0.05) is 11.6 Å². The lowest BCUT2D eigenvalue weighted by Gasteiger charge is -2.06. The van der Waals surface area contributed by atoms with Crippen molar-refractivity contribution >= 4 is 27.5 Å². The number of nitrogens with zero attached hydrogens (tertiary/aromatic N) is 2. The number of halogens is 2. The summed E-state index contributed by atoms with van der Waals surface area (Å²) < 4.78 is 6.10. The van der Waals surface area contributed by atoms with E-state index in [2.05, 4.69) is 25.9 Å². The zero-order valence-electron chi connectivity index (χ0n) is 9.20. The third-order valence-corrected chi connectivity index (χ3v) is 4.18. The predicted octanol–water partition coefficient (Wildman–Crippen LogP) is 4.34. The maximum atomic E-state index is 6.13. The molecule has 0 aliphatic heterocycles. The molecule has 17 heavy (non-hydrogen) atoms. The largest absolute Gasteiger partial charge is 0.469 e. The molecule has 2 aromatic rings. The topological polar surface area (TPSA) is 38.9 Å². The molecule has 0 aromatic carbocycles. The Morgan fingerprint density at radius 3 is 2.76 bits per heavy atom. The Morgan fingerprint density at radius 1 is 1.41 bits per heavy atom. The van der Waals surface area contributed by atoms with Gasteiger partial charge in [-0.15, -0.1) is 0 Å². The standard InChI is InChI=1S/C12H10BrClN2O/c1-6-8(4-5-17-6)12-15-10(7-2-3-7)9(13)11(14)16-12/h4-5,7H,2-3H2,1H3. The van der Waals surface area contributed by atoms with E-state index in [4.69, 9.17) is 16.0 Å². The average Bonchev–Trinajstić information content (AvgIpc) is 3.05. The van der Waals surface area contributed by atoms with Gasteiger partial charge in [0.25, 0.3) is 0 Å². The summed E-state index contributed by atoms with van der Waals surface area (Å²) in [5, 5.41) is 0.470. The number of rotatable bonds is 2. The van der Waals surface area contributed by atoms with Crippen LogP contribution in [0.15, 0.2) is 21.2 Å². The van der Waals surface area contributed by atoms with Crippen molar-refractivity contribution in [1.82, 2.24) is 9.97 Å². The van der Waals surface area contributed by atoms with Gasteiger partial charge in [0.15, 0.2) is 5.82 Å². The van der Waals surface area contributed by atoms with E-state index in [0.29, 0.717) is 16.9 Å². The first-order chi connectivity index (χ1) is 8.16. The van der Waals surface area contributed by atoms with E-state index < -0.39 is 0 Å². The minimum atomic E-state index is 0.470. The molecule has 0 unspecified atom stereocenters. The zero-order valence-corrected chi connectivity index (χ0v) is 11.5. The Morgan fingerprint density at radius 2 is 2.18 bits per heavy atom. The van der Waals surface area contributed by atoms with E-state index in [1.807, 2.05) is 13.0 Å². The summed E-state index contributed by atoms with van der Waals surface area (Å²) in [7, 11) is 0. The monoisotopic (exact) mass is 312 g/mol. The number of furan rings is 1. The van der Waals surface area contributed by atoms with Crippen LogP contribution in [0.2, 0.25) is 5.15 Å². The lowest BCUT2D eigenvalue weighted by atomic mass is 10.2. The summed E-state index contributed by atoms with van der Waals surface area (Å²) in [6, 6.07) is 1.87. The molecule has 5 heteroatoms. The first-order valence-electron chi connectivity index (χ1n) is 5.44. The highest BCUT2D eigenvalue weighted by atomic mass is 79.9. The Labute approximate surface area is 112 Å². The van der Waals surface area contributed by atoms with Crippen LogP contribution in [0.5, 0.6) is 0 Å². The molecule has 0 radical (unpaired) electrons. The Balaban J connectivity index is 2.15. The van der Waals surface area contributed by atoms with Crippen LogP contribution in [0.3, 0.4) is 0 Å². The van der Waals surface area contributed by atoms with Gasteiger partial charge in [0, 0.05) is 5.92 Å². The highest BCUT2D eigenvalue weighted by molar-refractivity contribution is 9.10. The van der Waals surface area contributed by atoms with E-state index in [-0.39, 0.29) is 0 Å². The van der Waals surface area contributed by atoms with E-state index in [9.17, 15) is 0 Å². The van der Waals surface area contributed by atoms with Crippen molar-refractivity contribution in [3.63, 3.8) is 0 Å². The molecule has 2 aromatic heterocycles. The fourth-order valence-electron chi connectivity index (χ4n) is 1.80. The zero-order chi connectivity index (χ0) is 12.0. The molecule has 0 amide bonds. The molecule has 1 fully saturated rings. The summed E-state index contributed by atoms with van der Waals surface area (Å²) in [4.78, 5) is 8.89. The van der Waals surface area contributed by atoms with E-state index in [0.717, 1.165) is 21.5 Å². The summed E-state index contributed by atoms with van der Waals surface area (Å²) in [5.74, 6) is 1.98. The van der Waals surface area contributed by atoms with Crippen LogP contribution >= 0.6 is 27.5 Å². The second-order valence-corrected chi connectivity index (χ2v) is 5.35. The lowest BCUT2D eigenvalue weighted by Crippen LogP contribution is -1.97. The highest BCUT2D eigenvalue weighted by Gasteiger charge is 2.29. The fraction of sp³-hybridized carbons (Fsp3) is 0.333. The van der Waals surface area contributed by atoms with Gasteiger partial charge in [-0.05, 0) is 41.8 Å². The smallest absolute Gasteiger partial charge is 0.164 e. The molecular formula is C12H10BrClN2O. The van der Waals surface area contributed by atoms with Crippen molar-refractivity contribution in [2.45, 2.75) is 25.7 Å². The van der Waals surface area contributed by atoms with Gasteiger partial charge >= 0.3 is 0 Å². The van der Waals surface area contributed by atoms with Gasteiger partial charge in [-0.25, -0.2) is 9.97 Å². The minimum absolute atomic E-state index is 0.470. The molecule has 1 saturated carbocycles. The molecule has 0 bridgehead atoms. The third kappa shape index (κ3) is 2.00. The van der Waals surface area contributed by atoms with Crippen molar-refractivity contribution in [2.24, 2.45) is 0 Å². The summed E-state index contributed by atoms with van der Waals surface area (Å²) in [6.07, 6.45) is 3.99. The number of hydrogen-bond acceptors (Lipinski definition) is 3. The molecule has 3 rings (SSSR count). The average molecular weight is 314 g/mol. The molecule has 0 saturated heterocycles. The summed E-state index contributed by atoms with van der Waals surface area (Å²) in [5.41, 5.74) is 1.92. The minimum Gasteiger partial charge on any atom is -0.469 e. The van der Waals surface area contributed by atoms with Crippen molar-refractivity contribution < 1.29 is 4.42 Å². The second-order valence-electron chi connectivity index (χ2n) is 4.20. The maximum absolute atomic E-state index is 6.13. The first kappa shape index (κ1) is 11.2. The van der Waals surface area contributed by atoms with Crippen molar-refractivity contribution in [2.75, 3.05) is 0 Å². The van der Waals surface area contributed by atoms with Crippen LogP contribution in [0.25, 0.3) is 11.4 Å². The van der Waals surface area contributed by atoms with Gasteiger partial charge in [0.2, 0.25) is 0 Å². The third-order valence-electron chi connectivity index (χ3n) is 2.90. The van der Waals surface area contributed by atoms with E-state index in [1.165, 1.54) is 12.8 Å². The summed E-state index contributed by atoms with van der Waals surface area (Å²) in [6.45, 7) is 1.89. The maximum Gasteiger partial charge on any atom is 0.164 e. The van der Waals surface area contributed by atoms with Crippen LogP contribution in [-0.4, -0.2) is 9.97 Å². The Hall–Kier alpha value is -0.870. The number of aromatic nitrogens is 2. The predicted molar refractivity (Wildman–Crippen MR) is 69.2 cm³/mol. The molecular weight excluding hydrogens is 304 g/mol. The summed E-state index contributed by atoms with van der Waals surface area (Å²) >= 11 is 9.59. The van der Waals surface area contributed by atoms with Crippen LogP contribution < -0.4 is 0 Å². The molecule has 0 atom stereocenters. The molecule has 0 N–H and O–H groups in total. The van der Waals surface area contributed by atoms with Gasteiger partial charge in [-0.3, -0.25) is 0 Å². The van der Waals surface area contributed by atoms with E-state index in [1.54, 1.807) is 6.26 Å². The van der Waals surface area contributed by atoms with Gasteiger partial charge in [0.05, 0.1) is 22.0 Å². The van der Waals surface area contributed by atoms with Crippen molar-refractivity contribution in [3.05, 3.63) is 33.4 Å². The quantitative estimate of drug-likeness (QED) is 0.774. The Bertz CT molecular complexity index is 578. The van der Waals surface area contributed by atoms with Gasteiger partial charge in [-0.2, -0.15) is 0 Å². The van der Waals surface area contributed by atoms with Crippen molar-refractivity contribution in [1.29, 1.82) is 0 Å². The van der Waals surface area contributed by atoms with Gasteiger partial charge < -0.3 is 4.42 Å². The SMILES string of the molecule is Cc1occc1-c1nc(Cl)c(Br)c(C2CC2)n1. The molecule has 88 valence electrons. The normalized spacial score (nSPS) is 15.2. The molecule has 0 spiro atoms. The van der Waals surface area contributed by atoms with Crippen LogP contribution in [0, 0.1) is 6.92 Å². The van der Waals surface area contributed by atoms with Gasteiger partial charge in [0.1, 0.15) is 10.9 Å². The molecule has 3 nitrogen and oxygen atoms in total. The highest BCUT2D eigenvalue weighted by Crippen LogP contribution is 2.44. The molecule has 1 aliphatic carbocycles. The van der Waals surface area contributed by atoms with E-state index >= 15 is 0 Å². The van der Waals surface area contributed by atoms with Crippen LogP contribution in [0.1, 0.15) is 30.2 Å². The molecule has 1 aliphatic rings. The molecule has 2 heterocycles. The second kappa shape index (κ2) is 4.10. The number of aryl methyl sites for hydroxylation is 1. The number of hydrogen-bond donors (Lipinski definition) is 0. The van der Waals surface area contributed by atoms with Crippen LogP contribution in [-0.2, 0) is 0 Å². The Kier molecular flexibility index (Phi) is 2.71. The van der Waals surface area contributed by atoms with Crippen molar-refractivity contribution in [3.8, 4) is 11.4 Å². The lowest BCUT2D eigenvalue weighted by molar-refractivity contribution is 0.535. The fourth-order valence-corrected chi connectivity index (χ4v) is 2.48. The van der Waals surface area contributed by atoms with Crippen LogP contribution in [0.4, 0.5) is 0 Å².